The smallest absolute Gasteiger partial charge is 0.184 e. The maximum Gasteiger partial charge on any atom is 0.184 e. The minimum absolute atomic E-state index is 0.264. The summed E-state index contributed by atoms with van der Waals surface area (Å²) in [6.45, 7) is 0. The minimum atomic E-state index is 0.264. The second-order valence-electron chi connectivity index (χ2n) is 4.13. The summed E-state index contributed by atoms with van der Waals surface area (Å²) < 4.78 is 0. The van der Waals surface area contributed by atoms with Crippen molar-refractivity contribution < 1.29 is 0 Å². The van der Waals surface area contributed by atoms with E-state index >= 15 is 0 Å². The zero-order chi connectivity index (χ0) is 10.9. The molecule has 0 unspecified atom stereocenters. The molecule has 4 heteroatoms. The van der Waals surface area contributed by atoms with Gasteiger partial charge in [0.1, 0.15) is 0 Å². The number of nitrogens with zero attached hydrogens (tertiary/aromatic N) is 1. The van der Waals surface area contributed by atoms with Gasteiger partial charge in [0.05, 0.1) is 0 Å². The summed E-state index contributed by atoms with van der Waals surface area (Å²) in [5.74, 6) is 0. The van der Waals surface area contributed by atoms with E-state index < -0.39 is 0 Å². The molecule has 0 radical (unpaired) electrons. The first kappa shape index (κ1) is 12.4. The van der Waals surface area contributed by atoms with Crippen LogP contribution in [-0.2, 0) is 0 Å². The van der Waals surface area contributed by atoms with Crippen LogP contribution in [0.3, 0.4) is 0 Å². The molecule has 86 valence electrons. The first-order valence-corrected chi connectivity index (χ1v) is 6.31. The molecule has 0 saturated heterocycles. The molecule has 0 aromatic rings. The lowest BCUT2D eigenvalue weighted by Crippen LogP contribution is -2.25. The van der Waals surface area contributed by atoms with Crippen LogP contribution >= 0.6 is 12.2 Å². The summed E-state index contributed by atoms with van der Waals surface area (Å²) >= 11 is 4.73. The van der Waals surface area contributed by atoms with Crippen molar-refractivity contribution in [2.45, 2.75) is 57.8 Å². The number of nitrogens with one attached hydrogen (secondary N) is 1. The maximum absolute atomic E-state index is 5.35. The Labute approximate surface area is 97.5 Å². The van der Waals surface area contributed by atoms with Crippen LogP contribution < -0.4 is 11.2 Å². The molecule has 3 N–H and O–H groups in total. The molecule has 1 rings (SSSR count). The van der Waals surface area contributed by atoms with Crippen molar-refractivity contribution in [3.05, 3.63) is 0 Å². The van der Waals surface area contributed by atoms with Crippen LogP contribution in [0.15, 0.2) is 5.10 Å². The molecule has 15 heavy (non-hydrogen) atoms. The molecule has 0 atom stereocenters. The van der Waals surface area contributed by atoms with Gasteiger partial charge in [-0.15, -0.1) is 0 Å². The van der Waals surface area contributed by atoms with Gasteiger partial charge in [-0.1, -0.05) is 32.1 Å². The van der Waals surface area contributed by atoms with Crippen LogP contribution in [0.1, 0.15) is 57.8 Å². The zero-order valence-electron chi connectivity index (χ0n) is 9.30. The first-order chi connectivity index (χ1) is 7.29. The summed E-state index contributed by atoms with van der Waals surface area (Å²) in [7, 11) is 0. The van der Waals surface area contributed by atoms with E-state index in [2.05, 4.69) is 10.5 Å². The third kappa shape index (κ3) is 6.44. The maximum atomic E-state index is 5.35. The van der Waals surface area contributed by atoms with Gasteiger partial charge in [0.15, 0.2) is 5.11 Å². The van der Waals surface area contributed by atoms with E-state index in [-0.39, 0.29) is 5.11 Å². The van der Waals surface area contributed by atoms with Gasteiger partial charge in [-0.25, -0.2) is 0 Å². The van der Waals surface area contributed by atoms with Gasteiger partial charge in [-0.05, 0) is 37.9 Å². The van der Waals surface area contributed by atoms with Gasteiger partial charge in [0.2, 0.25) is 0 Å². The molecule has 3 nitrogen and oxygen atoms in total. The van der Waals surface area contributed by atoms with Crippen molar-refractivity contribution in [3.8, 4) is 0 Å². The molecule has 1 saturated carbocycles. The van der Waals surface area contributed by atoms with Crippen LogP contribution in [0.25, 0.3) is 0 Å². The van der Waals surface area contributed by atoms with Gasteiger partial charge >= 0.3 is 0 Å². The summed E-state index contributed by atoms with van der Waals surface area (Å²) in [4.78, 5) is 0. The second kappa shape index (κ2) is 7.63. The second-order valence-corrected chi connectivity index (χ2v) is 4.57. The van der Waals surface area contributed by atoms with Crippen molar-refractivity contribution in [2.24, 2.45) is 10.8 Å². The molecule has 1 aliphatic carbocycles. The summed E-state index contributed by atoms with van der Waals surface area (Å²) in [6.07, 6.45) is 11.5. The lowest BCUT2D eigenvalue weighted by atomic mass is 10.00. The van der Waals surface area contributed by atoms with Crippen LogP contribution in [0.2, 0.25) is 0 Å². The molecule has 0 amide bonds. The highest BCUT2D eigenvalue weighted by Crippen LogP contribution is 2.14. The van der Waals surface area contributed by atoms with E-state index in [0.717, 1.165) is 12.8 Å². The lowest BCUT2D eigenvalue weighted by molar-refractivity contribution is 0.573. The number of rotatable bonds is 1. The molecule has 0 aliphatic heterocycles. The normalized spacial score (nSPS) is 19.3. The number of hydrazone groups is 1. The number of thiocarbonyl (C=S) groups is 1. The predicted octanol–water partition coefficient (Wildman–Crippen LogP) is 2.70. The quantitative estimate of drug-likeness (QED) is 0.535. The average molecular weight is 227 g/mol. The van der Waals surface area contributed by atoms with Crippen LogP contribution in [0.4, 0.5) is 0 Å². The highest BCUT2D eigenvalue weighted by Gasteiger charge is 2.03. The van der Waals surface area contributed by atoms with Crippen LogP contribution in [0.5, 0.6) is 0 Å². The Bertz CT molecular complexity index is 214. The fourth-order valence-electron chi connectivity index (χ4n) is 1.91. The van der Waals surface area contributed by atoms with Crippen LogP contribution in [0, 0.1) is 0 Å². The number of nitrogens with two attached hydrogens (primary N) is 1. The summed E-state index contributed by atoms with van der Waals surface area (Å²) in [5, 5.41) is 4.52. The lowest BCUT2D eigenvalue weighted by Gasteiger charge is -2.09. The monoisotopic (exact) mass is 227 g/mol. The summed E-state index contributed by atoms with van der Waals surface area (Å²) in [6, 6.07) is 0. The predicted molar refractivity (Wildman–Crippen MR) is 68.9 cm³/mol. The molecular weight excluding hydrogens is 206 g/mol. The number of hydrogen-bond donors (Lipinski definition) is 2. The Morgan fingerprint density at radius 3 is 1.93 bits per heavy atom. The van der Waals surface area contributed by atoms with E-state index in [4.69, 9.17) is 18.0 Å². The van der Waals surface area contributed by atoms with Crippen LogP contribution in [-0.4, -0.2) is 10.8 Å². The highest BCUT2D eigenvalue weighted by molar-refractivity contribution is 7.80. The molecule has 0 bridgehead atoms. The Kier molecular flexibility index (Phi) is 6.32. The van der Waals surface area contributed by atoms with E-state index in [1.165, 1.54) is 50.7 Å². The molecule has 0 aromatic carbocycles. The largest absolute Gasteiger partial charge is 0.375 e. The molecule has 1 fully saturated rings. The first-order valence-electron chi connectivity index (χ1n) is 5.90. The fourth-order valence-corrected chi connectivity index (χ4v) is 1.96. The van der Waals surface area contributed by atoms with Gasteiger partial charge in [-0.3, -0.25) is 5.43 Å². The Balaban J connectivity index is 2.37. The average Bonchev–Trinajstić information content (AvgIpc) is 2.23. The van der Waals surface area contributed by atoms with Crippen molar-refractivity contribution in [1.29, 1.82) is 0 Å². The Hall–Kier alpha value is -0.640. The molecule has 0 aromatic heterocycles. The van der Waals surface area contributed by atoms with Crippen molar-refractivity contribution >= 4 is 23.0 Å². The van der Waals surface area contributed by atoms with Crippen molar-refractivity contribution in [2.75, 3.05) is 0 Å². The Morgan fingerprint density at radius 1 is 1.00 bits per heavy atom. The third-order valence-electron chi connectivity index (χ3n) is 2.75. The van der Waals surface area contributed by atoms with E-state index in [1.54, 1.807) is 0 Å². The van der Waals surface area contributed by atoms with Gasteiger partial charge < -0.3 is 5.73 Å². The zero-order valence-corrected chi connectivity index (χ0v) is 10.1. The molecular formula is C11H21N3S. The van der Waals surface area contributed by atoms with Gasteiger partial charge in [0.25, 0.3) is 0 Å². The highest BCUT2D eigenvalue weighted by atomic mass is 32.1. The third-order valence-corrected chi connectivity index (χ3v) is 2.85. The van der Waals surface area contributed by atoms with E-state index in [0.29, 0.717) is 0 Å². The molecule has 1 aliphatic rings. The van der Waals surface area contributed by atoms with E-state index in [1.807, 2.05) is 0 Å². The summed E-state index contributed by atoms with van der Waals surface area (Å²) in [5.41, 5.74) is 9.27. The van der Waals surface area contributed by atoms with Gasteiger partial charge in [-0.2, -0.15) is 5.10 Å². The molecule has 0 spiro atoms. The standard InChI is InChI=1S/C11H21N3S/c12-11(15)14-13-10-8-6-4-2-1-3-5-7-9-10/h1-9H2,(H3,12,14,15). The topological polar surface area (TPSA) is 50.4 Å². The Morgan fingerprint density at radius 2 is 1.47 bits per heavy atom. The van der Waals surface area contributed by atoms with E-state index in [9.17, 15) is 0 Å². The number of hydrogen-bond acceptors (Lipinski definition) is 2. The minimum Gasteiger partial charge on any atom is -0.375 e. The van der Waals surface area contributed by atoms with Gasteiger partial charge in [0, 0.05) is 5.71 Å². The van der Waals surface area contributed by atoms with Crippen molar-refractivity contribution in [3.63, 3.8) is 0 Å². The van der Waals surface area contributed by atoms with Crippen molar-refractivity contribution in [1.82, 2.24) is 5.43 Å². The SMILES string of the molecule is NC(=S)NN=C1CCCCCCCCC1. The fraction of sp³-hybridized carbons (Fsp3) is 0.818. The molecule has 0 heterocycles.